The Bertz CT molecular complexity index is 946. The summed E-state index contributed by atoms with van der Waals surface area (Å²) < 4.78 is 7.76. The molecule has 8 heteroatoms. The van der Waals surface area contributed by atoms with Crippen molar-refractivity contribution in [2.24, 2.45) is 11.8 Å². The van der Waals surface area contributed by atoms with Gasteiger partial charge in [-0.05, 0) is 30.7 Å². The van der Waals surface area contributed by atoms with E-state index in [1.165, 1.54) is 0 Å². The molecule has 3 aromatic heterocycles. The summed E-state index contributed by atoms with van der Waals surface area (Å²) in [4.78, 5) is 19.6. The average Bonchev–Trinajstić information content (AvgIpc) is 3.35. The molecule has 3 heterocycles. The van der Waals surface area contributed by atoms with Gasteiger partial charge in [0.15, 0.2) is 11.3 Å². The molecule has 4 rings (SSSR count). The molecule has 27 heavy (non-hydrogen) atoms. The van der Waals surface area contributed by atoms with E-state index in [-0.39, 0.29) is 18.1 Å². The Morgan fingerprint density at radius 2 is 2.26 bits per heavy atom. The summed E-state index contributed by atoms with van der Waals surface area (Å²) in [6.45, 7) is 6.92. The monoisotopic (exact) mass is 370 g/mol. The molecule has 0 radical (unpaired) electrons. The van der Waals surface area contributed by atoms with Gasteiger partial charge in [-0.2, -0.15) is 0 Å². The van der Waals surface area contributed by atoms with Crippen LogP contribution in [0.1, 0.15) is 51.8 Å². The van der Waals surface area contributed by atoms with E-state index in [9.17, 15) is 4.79 Å². The molecule has 144 valence electrons. The second kappa shape index (κ2) is 7.17. The lowest BCUT2D eigenvalue weighted by Crippen LogP contribution is -2.30. The van der Waals surface area contributed by atoms with E-state index in [2.05, 4.69) is 50.7 Å². The molecular weight excluding hydrogens is 344 g/mol. The van der Waals surface area contributed by atoms with E-state index < -0.39 is 0 Å². The minimum Gasteiger partial charge on any atom is -0.446 e. The van der Waals surface area contributed by atoms with Crippen LogP contribution in [0.2, 0.25) is 0 Å². The van der Waals surface area contributed by atoms with Gasteiger partial charge in [-0.1, -0.05) is 27.2 Å². The predicted octanol–water partition coefficient (Wildman–Crippen LogP) is 3.26. The number of alkyl carbamates (subject to hydrolysis) is 1. The first kappa shape index (κ1) is 17.8. The fourth-order valence-electron chi connectivity index (χ4n) is 4.06. The van der Waals surface area contributed by atoms with Crippen LogP contribution >= 0.6 is 0 Å². The van der Waals surface area contributed by atoms with Gasteiger partial charge >= 0.3 is 6.09 Å². The number of fused-ring (bicyclic) bond motifs is 3. The van der Waals surface area contributed by atoms with Crippen molar-refractivity contribution in [1.82, 2.24) is 29.9 Å². The predicted molar refractivity (Wildman–Crippen MR) is 102 cm³/mol. The van der Waals surface area contributed by atoms with Crippen molar-refractivity contribution in [2.45, 2.75) is 52.1 Å². The van der Waals surface area contributed by atoms with Crippen LogP contribution in [-0.4, -0.2) is 43.3 Å². The number of carbonyl (C=O) groups excluding carboxylic acids is 1. The number of nitrogens with one attached hydrogen (secondary N) is 2. The van der Waals surface area contributed by atoms with Crippen molar-refractivity contribution in [3.63, 3.8) is 0 Å². The second-order valence-electron chi connectivity index (χ2n) is 7.77. The van der Waals surface area contributed by atoms with Crippen LogP contribution in [0, 0.1) is 11.8 Å². The molecule has 0 aliphatic heterocycles. The first-order chi connectivity index (χ1) is 13.1. The lowest BCUT2D eigenvalue weighted by molar-refractivity contribution is 0.0973. The van der Waals surface area contributed by atoms with Crippen LogP contribution in [0.25, 0.3) is 16.8 Å². The average molecular weight is 370 g/mol. The highest BCUT2D eigenvalue weighted by Gasteiger charge is 2.39. The summed E-state index contributed by atoms with van der Waals surface area (Å²) in [7, 11) is 0. The quantitative estimate of drug-likeness (QED) is 0.718. The molecule has 1 saturated carbocycles. The summed E-state index contributed by atoms with van der Waals surface area (Å²) in [5.74, 6) is 1.94. The van der Waals surface area contributed by atoms with Gasteiger partial charge < -0.3 is 15.0 Å². The Labute approximate surface area is 157 Å². The van der Waals surface area contributed by atoms with Crippen LogP contribution in [0.15, 0.2) is 18.5 Å². The number of aromatic amines is 1. The molecule has 0 aromatic carbocycles. The molecule has 8 nitrogen and oxygen atoms in total. The summed E-state index contributed by atoms with van der Waals surface area (Å²) in [6.07, 6.45) is 5.82. The maximum Gasteiger partial charge on any atom is 0.407 e. The summed E-state index contributed by atoms with van der Waals surface area (Å²) in [5, 5.41) is 11.6. The highest BCUT2D eigenvalue weighted by atomic mass is 16.6. The SMILES string of the molecule is CC[C@@H]1C[C@H](OC(=O)NCC(C)C)CC1c1nnc2cnc3[nH]ccc3n12. The third-order valence-electron chi connectivity index (χ3n) is 5.40. The number of nitrogens with zero attached hydrogens (tertiary/aromatic N) is 4. The van der Waals surface area contributed by atoms with Crippen molar-refractivity contribution < 1.29 is 9.53 Å². The van der Waals surface area contributed by atoms with Crippen LogP contribution in [0.4, 0.5) is 4.79 Å². The number of aromatic nitrogens is 5. The molecule has 3 atom stereocenters. The fourth-order valence-corrected chi connectivity index (χ4v) is 4.06. The van der Waals surface area contributed by atoms with E-state index in [4.69, 9.17) is 4.74 Å². The molecule has 0 spiro atoms. The largest absolute Gasteiger partial charge is 0.446 e. The van der Waals surface area contributed by atoms with Gasteiger partial charge in [0.25, 0.3) is 0 Å². The fraction of sp³-hybridized carbons (Fsp3) is 0.579. The molecule has 1 aliphatic carbocycles. The van der Waals surface area contributed by atoms with Crippen LogP contribution < -0.4 is 5.32 Å². The van der Waals surface area contributed by atoms with Gasteiger partial charge in [0.1, 0.15) is 11.9 Å². The Hall–Kier alpha value is -2.64. The zero-order valence-corrected chi connectivity index (χ0v) is 16.0. The Balaban J connectivity index is 1.57. The molecule has 1 unspecified atom stereocenters. The van der Waals surface area contributed by atoms with Crippen molar-refractivity contribution in [2.75, 3.05) is 6.54 Å². The topological polar surface area (TPSA) is 97.2 Å². The van der Waals surface area contributed by atoms with Crippen LogP contribution in [0.5, 0.6) is 0 Å². The first-order valence-corrected chi connectivity index (χ1v) is 9.68. The maximum atomic E-state index is 12.1. The van der Waals surface area contributed by atoms with E-state index >= 15 is 0 Å². The van der Waals surface area contributed by atoms with Crippen molar-refractivity contribution in [3.05, 3.63) is 24.3 Å². The van der Waals surface area contributed by atoms with E-state index in [0.29, 0.717) is 18.4 Å². The van der Waals surface area contributed by atoms with Gasteiger partial charge in [0.05, 0.1) is 11.7 Å². The number of H-pyrrole nitrogens is 1. The van der Waals surface area contributed by atoms with E-state index in [0.717, 1.165) is 41.9 Å². The number of ether oxygens (including phenoxy) is 1. The molecular formula is C19H26N6O2. The Kier molecular flexibility index (Phi) is 4.72. The molecule has 1 fully saturated rings. The smallest absolute Gasteiger partial charge is 0.407 e. The molecule has 1 amide bonds. The zero-order valence-electron chi connectivity index (χ0n) is 16.0. The van der Waals surface area contributed by atoms with E-state index in [1.54, 1.807) is 6.20 Å². The number of hydrogen-bond donors (Lipinski definition) is 2. The van der Waals surface area contributed by atoms with Crippen molar-refractivity contribution >= 4 is 22.9 Å². The van der Waals surface area contributed by atoms with Crippen LogP contribution in [-0.2, 0) is 4.74 Å². The molecule has 1 aliphatic rings. The standard InChI is InChI=1S/C19H26N6O2/c1-4-12-7-13(27-19(26)22-9-11(2)3)8-14(12)18-24-23-16-10-21-17-15(25(16)18)5-6-20-17/h5-6,10-14,20H,4,7-9H2,1-3H3,(H,22,26)/t12-,13+,14?/m1/s1. The highest BCUT2D eigenvalue weighted by Crippen LogP contribution is 2.42. The summed E-state index contributed by atoms with van der Waals surface area (Å²) in [5.41, 5.74) is 2.53. The maximum absolute atomic E-state index is 12.1. The molecule has 3 aromatic rings. The zero-order chi connectivity index (χ0) is 19.0. The molecule has 2 N–H and O–H groups in total. The minimum atomic E-state index is -0.326. The lowest BCUT2D eigenvalue weighted by Gasteiger charge is -2.15. The van der Waals surface area contributed by atoms with Gasteiger partial charge in [-0.15, -0.1) is 10.2 Å². The van der Waals surface area contributed by atoms with Gasteiger partial charge in [-0.3, -0.25) is 4.40 Å². The Morgan fingerprint density at radius 1 is 1.41 bits per heavy atom. The van der Waals surface area contributed by atoms with Crippen molar-refractivity contribution in [3.8, 4) is 0 Å². The van der Waals surface area contributed by atoms with Gasteiger partial charge in [-0.25, -0.2) is 9.78 Å². The minimum absolute atomic E-state index is 0.0944. The van der Waals surface area contributed by atoms with Crippen molar-refractivity contribution in [1.29, 1.82) is 0 Å². The van der Waals surface area contributed by atoms with Gasteiger partial charge in [0, 0.05) is 18.7 Å². The highest BCUT2D eigenvalue weighted by molar-refractivity contribution is 5.74. The lowest BCUT2D eigenvalue weighted by atomic mass is 9.93. The van der Waals surface area contributed by atoms with E-state index in [1.807, 2.05) is 12.3 Å². The molecule has 0 bridgehead atoms. The number of carbonyl (C=O) groups is 1. The number of amides is 1. The Morgan fingerprint density at radius 3 is 3.04 bits per heavy atom. The number of rotatable bonds is 5. The van der Waals surface area contributed by atoms with Gasteiger partial charge in [0.2, 0.25) is 0 Å². The normalized spacial score (nSPS) is 22.7. The number of hydrogen-bond acceptors (Lipinski definition) is 5. The molecule has 0 saturated heterocycles. The second-order valence-corrected chi connectivity index (χ2v) is 7.77. The third-order valence-corrected chi connectivity index (χ3v) is 5.40. The van der Waals surface area contributed by atoms with Crippen LogP contribution in [0.3, 0.4) is 0 Å². The third kappa shape index (κ3) is 3.36. The first-order valence-electron chi connectivity index (χ1n) is 9.68. The summed E-state index contributed by atoms with van der Waals surface area (Å²) >= 11 is 0. The summed E-state index contributed by atoms with van der Waals surface area (Å²) in [6, 6.07) is 1.99.